The molecular weight excluding hydrogens is 170 g/mol. The lowest BCUT2D eigenvalue weighted by Gasteiger charge is -2.22. The third kappa shape index (κ3) is 2.85. The number of hydrogen-bond donors (Lipinski definition) is 1. The average Bonchev–Trinajstić information content (AvgIpc) is 2.11. The van der Waals surface area contributed by atoms with Gasteiger partial charge in [0.2, 0.25) is 0 Å². The van der Waals surface area contributed by atoms with Gasteiger partial charge in [-0.2, -0.15) is 0 Å². The average molecular weight is 191 g/mol. The molecule has 1 heteroatoms. The molecule has 0 saturated heterocycles. The fraction of sp³-hybridized carbons (Fsp3) is 0.538. The van der Waals surface area contributed by atoms with Crippen molar-refractivity contribution in [3.63, 3.8) is 0 Å². The highest BCUT2D eigenvalue weighted by molar-refractivity contribution is 5.30. The van der Waals surface area contributed by atoms with Crippen LogP contribution in [0.1, 0.15) is 30.5 Å². The summed E-state index contributed by atoms with van der Waals surface area (Å²) in [5.74, 6) is 0. The summed E-state index contributed by atoms with van der Waals surface area (Å²) >= 11 is 0. The predicted octanol–water partition coefficient (Wildman–Crippen LogP) is 2.83. The quantitative estimate of drug-likeness (QED) is 0.781. The van der Waals surface area contributed by atoms with Gasteiger partial charge in [-0.1, -0.05) is 32.0 Å². The molecular formula is C13H21N. The predicted molar refractivity (Wildman–Crippen MR) is 62.5 cm³/mol. The maximum absolute atomic E-state index is 5.72. The van der Waals surface area contributed by atoms with E-state index in [0.717, 1.165) is 13.0 Å². The molecule has 1 aromatic carbocycles. The first-order valence-corrected chi connectivity index (χ1v) is 5.21. The van der Waals surface area contributed by atoms with Crippen LogP contribution < -0.4 is 5.73 Å². The zero-order valence-electron chi connectivity index (χ0n) is 9.72. The van der Waals surface area contributed by atoms with E-state index in [-0.39, 0.29) is 5.41 Å². The fourth-order valence-electron chi connectivity index (χ4n) is 1.54. The van der Waals surface area contributed by atoms with E-state index in [9.17, 15) is 0 Å². The van der Waals surface area contributed by atoms with Gasteiger partial charge in [0.25, 0.3) is 0 Å². The monoisotopic (exact) mass is 191 g/mol. The SMILES string of the molecule is Cc1ccc(CC(C)(C)CN)cc1C. The van der Waals surface area contributed by atoms with Crippen LogP contribution in [0.5, 0.6) is 0 Å². The summed E-state index contributed by atoms with van der Waals surface area (Å²) in [6.45, 7) is 9.46. The van der Waals surface area contributed by atoms with Crippen molar-refractivity contribution in [1.82, 2.24) is 0 Å². The van der Waals surface area contributed by atoms with Gasteiger partial charge < -0.3 is 5.73 Å². The standard InChI is InChI=1S/C13H21N/c1-10-5-6-12(7-11(10)2)8-13(3,4)9-14/h5-7H,8-9,14H2,1-4H3. The fourth-order valence-corrected chi connectivity index (χ4v) is 1.54. The molecule has 0 aromatic heterocycles. The minimum Gasteiger partial charge on any atom is -0.330 e. The molecule has 0 spiro atoms. The zero-order chi connectivity index (χ0) is 10.8. The molecule has 0 heterocycles. The Hall–Kier alpha value is -0.820. The molecule has 0 aliphatic heterocycles. The van der Waals surface area contributed by atoms with E-state index in [2.05, 4.69) is 45.9 Å². The molecule has 14 heavy (non-hydrogen) atoms. The van der Waals surface area contributed by atoms with Crippen LogP contribution in [0, 0.1) is 19.3 Å². The molecule has 0 aliphatic rings. The number of rotatable bonds is 3. The van der Waals surface area contributed by atoms with Crippen LogP contribution in [0.2, 0.25) is 0 Å². The maximum Gasteiger partial charge on any atom is -0.00226 e. The molecule has 0 unspecified atom stereocenters. The number of aryl methyl sites for hydroxylation is 2. The lowest BCUT2D eigenvalue weighted by molar-refractivity contribution is 0.376. The van der Waals surface area contributed by atoms with Crippen LogP contribution >= 0.6 is 0 Å². The van der Waals surface area contributed by atoms with Gasteiger partial charge in [-0.15, -0.1) is 0 Å². The van der Waals surface area contributed by atoms with Gasteiger partial charge in [0.1, 0.15) is 0 Å². The Bertz CT molecular complexity index is 313. The third-order valence-electron chi connectivity index (χ3n) is 2.81. The molecule has 0 fully saturated rings. The van der Waals surface area contributed by atoms with Crippen molar-refractivity contribution in [3.8, 4) is 0 Å². The zero-order valence-corrected chi connectivity index (χ0v) is 9.72. The van der Waals surface area contributed by atoms with Gasteiger partial charge in [0.15, 0.2) is 0 Å². The van der Waals surface area contributed by atoms with Crippen molar-refractivity contribution < 1.29 is 0 Å². The Kier molecular flexibility index (Phi) is 3.33. The summed E-state index contributed by atoms with van der Waals surface area (Å²) in [7, 11) is 0. The Labute approximate surface area is 87.3 Å². The summed E-state index contributed by atoms with van der Waals surface area (Å²) in [6.07, 6.45) is 1.06. The van der Waals surface area contributed by atoms with Crippen molar-refractivity contribution >= 4 is 0 Å². The molecule has 0 saturated carbocycles. The van der Waals surface area contributed by atoms with Gasteiger partial charge in [0, 0.05) is 0 Å². The summed E-state index contributed by atoms with van der Waals surface area (Å²) in [5.41, 5.74) is 10.1. The molecule has 0 amide bonds. The van der Waals surface area contributed by atoms with Crippen molar-refractivity contribution in [2.45, 2.75) is 34.1 Å². The van der Waals surface area contributed by atoms with Crippen LogP contribution in [0.3, 0.4) is 0 Å². The number of nitrogens with two attached hydrogens (primary N) is 1. The van der Waals surface area contributed by atoms with E-state index in [0.29, 0.717) is 0 Å². The van der Waals surface area contributed by atoms with Crippen molar-refractivity contribution in [2.24, 2.45) is 11.1 Å². The van der Waals surface area contributed by atoms with Gasteiger partial charge in [0.05, 0.1) is 0 Å². The van der Waals surface area contributed by atoms with Crippen LogP contribution in [-0.2, 0) is 6.42 Å². The molecule has 0 radical (unpaired) electrons. The van der Waals surface area contributed by atoms with Crippen molar-refractivity contribution in [1.29, 1.82) is 0 Å². The first-order chi connectivity index (χ1) is 6.44. The lowest BCUT2D eigenvalue weighted by Crippen LogP contribution is -2.25. The molecule has 0 aliphatic carbocycles. The van der Waals surface area contributed by atoms with Gasteiger partial charge in [-0.05, 0) is 48.9 Å². The summed E-state index contributed by atoms with van der Waals surface area (Å²) < 4.78 is 0. The van der Waals surface area contributed by atoms with E-state index in [1.165, 1.54) is 16.7 Å². The van der Waals surface area contributed by atoms with Crippen LogP contribution in [0.4, 0.5) is 0 Å². The summed E-state index contributed by atoms with van der Waals surface area (Å²) in [4.78, 5) is 0. The normalized spacial score (nSPS) is 11.8. The second kappa shape index (κ2) is 4.14. The number of hydrogen-bond acceptors (Lipinski definition) is 1. The van der Waals surface area contributed by atoms with Crippen molar-refractivity contribution in [2.75, 3.05) is 6.54 Å². The highest BCUT2D eigenvalue weighted by atomic mass is 14.6. The van der Waals surface area contributed by atoms with E-state index in [1.807, 2.05) is 0 Å². The van der Waals surface area contributed by atoms with Crippen LogP contribution in [-0.4, -0.2) is 6.54 Å². The molecule has 2 N–H and O–H groups in total. The van der Waals surface area contributed by atoms with Gasteiger partial charge in [-0.25, -0.2) is 0 Å². The first-order valence-electron chi connectivity index (χ1n) is 5.21. The van der Waals surface area contributed by atoms with E-state index in [4.69, 9.17) is 5.73 Å². The minimum atomic E-state index is 0.210. The third-order valence-corrected chi connectivity index (χ3v) is 2.81. The second-order valence-corrected chi connectivity index (χ2v) is 4.96. The van der Waals surface area contributed by atoms with Crippen LogP contribution in [0.15, 0.2) is 18.2 Å². The van der Waals surface area contributed by atoms with E-state index in [1.54, 1.807) is 0 Å². The largest absolute Gasteiger partial charge is 0.330 e. The van der Waals surface area contributed by atoms with Crippen LogP contribution in [0.25, 0.3) is 0 Å². The smallest absolute Gasteiger partial charge is 0.00226 e. The first kappa shape index (κ1) is 11.3. The van der Waals surface area contributed by atoms with Gasteiger partial charge in [-0.3, -0.25) is 0 Å². The Morgan fingerprint density at radius 3 is 2.29 bits per heavy atom. The Morgan fingerprint density at radius 1 is 1.14 bits per heavy atom. The van der Waals surface area contributed by atoms with E-state index >= 15 is 0 Å². The summed E-state index contributed by atoms with van der Waals surface area (Å²) in [6, 6.07) is 6.67. The maximum atomic E-state index is 5.72. The second-order valence-electron chi connectivity index (χ2n) is 4.96. The van der Waals surface area contributed by atoms with Gasteiger partial charge >= 0.3 is 0 Å². The highest BCUT2D eigenvalue weighted by Gasteiger charge is 2.16. The Balaban J connectivity index is 2.83. The highest BCUT2D eigenvalue weighted by Crippen LogP contribution is 2.21. The minimum absolute atomic E-state index is 0.210. The molecule has 1 nitrogen and oxygen atoms in total. The molecule has 78 valence electrons. The topological polar surface area (TPSA) is 26.0 Å². The summed E-state index contributed by atoms with van der Waals surface area (Å²) in [5, 5.41) is 0. The molecule has 0 atom stereocenters. The molecule has 1 rings (SSSR count). The molecule has 1 aromatic rings. The van der Waals surface area contributed by atoms with E-state index < -0.39 is 0 Å². The number of benzene rings is 1. The lowest BCUT2D eigenvalue weighted by atomic mass is 9.85. The molecule has 0 bridgehead atoms. The van der Waals surface area contributed by atoms with Crippen molar-refractivity contribution in [3.05, 3.63) is 34.9 Å². The Morgan fingerprint density at radius 2 is 1.79 bits per heavy atom.